The van der Waals surface area contributed by atoms with E-state index >= 15 is 0 Å². The molecule has 0 aromatic carbocycles. The molecule has 0 radical (unpaired) electrons. The van der Waals surface area contributed by atoms with Gasteiger partial charge in [0.1, 0.15) is 0 Å². The number of H-pyrrole nitrogens is 2. The highest BCUT2D eigenvalue weighted by Crippen LogP contribution is 2.38. The third kappa shape index (κ3) is 5.63. The first-order valence-corrected chi connectivity index (χ1v) is 14.7. The Hall–Kier alpha value is -4.76. The molecular formula is C35H38N4O5. The standard InChI is InChI=1S/C35H38N4O5/c1-8-22-17(2)27-15-32-35(21(6)44-7)20(5)28(39-32)13-25-18(3)23(9-11-33(40)41)30(37-25)16-31-24(10-12-34(42)43)19(4)26(38-31)14-29(22)36-27/h8,13-16,21,36,39H,1,9-12H2,2-7H3,(H,40,41)(H,42,43). The highest BCUT2D eigenvalue weighted by molar-refractivity contribution is 5.96. The lowest BCUT2D eigenvalue weighted by Gasteiger charge is -2.09. The molecule has 3 aromatic rings. The zero-order valence-corrected chi connectivity index (χ0v) is 26.0. The quantitative estimate of drug-likeness (QED) is 0.197. The van der Waals surface area contributed by atoms with Crippen molar-refractivity contribution in [3.8, 4) is 0 Å². The number of methoxy groups -OCH3 is 1. The van der Waals surface area contributed by atoms with E-state index in [1.165, 1.54) is 0 Å². The largest absolute Gasteiger partial charge is 0.481 e. The Morgan fingerprint density at radius 3 is 1.80 bits per heavy atom. The average molecular weight is 595 g/mol. The Morgan fingerprint density at radius 2 is 1.30 bits per heavy atom. The van der Waals surface area contributed by atoms with Crippen molar-refractivity contribution in [3.05, 3.63) is 75.9 Å². The van der Waals surface area contributed by atoms with Gasteiger partial charge in [-0.3, -0.25) is 9.59 Å². The van der Waals surface area contributed by atoms with Gasteiger partial charge in [0.05, 0.1) is 28.9 Å². The fourth-order valence-electron chi connectivity index (χ4n) is 6.15. The predicted octanol–water partition coefficient (Wildman–Crippen LogP) is 7.87. The molecule has 1 atom stereocenters. The monoisotopic (exact) mass is 594 g/mol. The second-order valence-electron chi connectivity index (χ2n) is 11.4. The second kappa shape index (κ2) is 12.1. The van der Waals surface area contributed by atoms with E-state index in [-0.39, 0.29) is 18.9 Å². The van der Waals surface area contributed by atoms with Crippen LogP contribution in [0.3, 0.4) is 0 Å². The van der Waals surface area contributed by atoms with Gasteiger partial charge in [-0.05, 0) is 105 Å². The number of aromatic amines is 2. The fraction of sp³-hybridized carbons (Fsp3) is 0.314. The number of carbonyl (C=O) groups is 2. The lowest BCUT2D eigenvalue weighted by atomic mass is 9.98. The van der Waals surface area contributed by atoms with Gasteiger partial charge in [0.2, 0.25) is 0 Å². The number of carboxylic acids is 2. The topological polar surface area (TPSA) is 141 Å². The van der Waals surface area contributed by atoms with Crippen LogP contribution in [0, 0.1) is 13.8 Å². The minimum absolute atomic E-state index is 0.0414. The smallest absolute Gasteiger partial charge is 0.303 e. The molecule has 8 bridgehead atoms. The summed E-state index contributed by atoms with van der Waals surface area (Å²) in [4.78, 5) is 40.2. The molecule has 2 aliphatic rings. The van der Waals surface area contributed by atoms with Crippen molar-refractivity contribution in [1.82, 2.24) is 19.9 Å². The van der Waals surface area contributed by atoms with Crippen molar-refractivity contribution in [2.45, 2.75) is 66.4 Å². The van der Waals surface area contributed by atoms with Crippen molar-refractivity contribution < 1.29 is 24.5 Å². The van der Waals surface area contributed by atoms with Crippen LogP contribution < -0.4 is 0 Å². The number of aliphatic carboxylic acids is 2. The summed E-state index contributed by atoms with van der Waals surface area (Å²) in [6, 6.07) is 7.92. The van der Waals surface area contributed by atoms with E-state index in [1.807, 2.05) is 52.0 Å². The van der Waals surface area contributed by atoms with Crippen LogP contribution in [-0.2, 0) is 14.3 Å². The summed E-state index contributed by atoms with van der Waals surface area (Å²) in [6.45, 7) is 14.1. The Kier molecular flexibility index (Phi) is 8.43. The van der Waals surface area contributed by atoms with Crippen LogP contribution in [0.15, 0.2) is 30.8 Å². The molecule has 5 heterocycles. The zero-order chi connectivity index (χ0) is 31.9. The first kappa shape index (κ1) is 30.7. The molecule has 0 fully saturated rings. The van der Waals surface area contributed by atoms with Gasteiger partial charge in [0.15, 0.2) is 0 Å². The molecule has 9 nitrogen and oxygen atoms in total. The zero-order valence-electron chi connectivity index (χ0n) is 26.0. The lowest BCUT2D eigenvalue weighted by molar-refractivity contribution is -0.137. The van der Waals surface area contributed by atoms with E-state index in [2.05, 4.69) is 29.5 Å². The van der Waals surface area contributed by atoms with Crippen molar-refractivity contribution in [3.63, 3.8) is 0 Å². The summed E-state index contributed by atoms with van der Waals surface area (Å²) < 4.78 is 5.77. The third-order valence-electron chi connectivity index (χ3n) is 8.78. The molecule has 0 saturated heterocycles. The molecule has 0 spiro atoms. The van der Waals surface area contributed by atoms with Crippen LogP contribution in [-0.4, -0.2) is 49.2 Å². The van der Waals surface area contributed by atoms with E-state index < -0.39 is 11.9 Å². The Balaban J connectivity index is 1.94. The van der Waals surface area contributed by atoms with Crippen molar-refractivity contribution in [2.75, 3.05) is 7.11 Å². The van der Waals surface area contributed by atoms with E-state index in [0.29, 0.717) is 29.9 Å². The van der Waals surface area contributed by atoms with Gasteiger partial charge in [0.25, 0.3) is 0 Å². The van der Waals surface area contributed by atoms with E-state index in [9.17, 15) is 19.8 Å². The molecule has 9 heteroatoms. The molecule has 44 heavy (non-hydrogen) atoms. The number of carboxylic acid groups (broad SMARTS) is 2. The number of nitrogens with one attached hydrogen (secondary N) is 2. The van der Waals surface area contributed by atoms with Crippen LogP contribution in [0.1, 0.15) is 97.6 Å². The maximum absolute atomic E-state index is 11.6. The number of aryl methyl sites for hydroxylation is 2. The molecule has 2 aliphatic heterocycles. The van der Waals surface area contributed by atoms with Gasteiger partial charge in [-0.15, -0.1) is 0 Å². The summed E-state index contributed by atoms with van der Waals surface area (Å²) in [5, 5.41) is 19.0. The maximum Gasteiger partial charge on any atom is 0.303 e. The Bertz CT molecular complexity index is 1940. The van der Waals surface area contributed by atoms with Gasteiger partial charge < -0.3 is 24.9 Å². The molecule has 0 amide bonds. The van der Waals surface area contributed by atoms with Crippen LogP contribution in [0.4, 0.5) is 0 Å². The van der Waals surface area contributed by atoms with Crippen LogP contribution in [0.25, 0.3) is 50.4 Å². The summed E-state index contributed by atoms with van der Waals surface area (Å²) in [7, 11) is 1.69. The van der Waals surface area contributed by atoms with E-state index in [1.54, 1.807) is 7.11 Å². The number of rotatable bonds is 9. The van der Waals surface area contributed by atoms with Gasteiger partial charge in [-0.2, -0.15) is 0 Å². The first-order chi connectivity index (χ1) is 20.9. The molecule has 0 saturated carbocycles. The van der Waals surface area contributed by atoms with Crippen molar-refractivity contribution in [2.24, 2.45) is 0 Å². The van der Waals surface area contributed by atoms with Crippen LogP contribution in [0.2, 0.25) is 0 Å². The number of aromatic nitrogens is 4. The van der Waals surface area contributed by atoms with Gasteiger partial charge in [0, 0.05) is 53.1 Å². The van der Waals surface area contributed by atoms with Crippen LogP contribution in [0.5, 0.6) is 0 Å². The molecule has 4 N–H and O–H groups in total. The van der Waals surface area contributed by atoms with Crippen molar-refractivity contribution in [1.29, 1.82) is 0 Å². The third-order valence-corrected chi connectivity index (χ3v) is 8.78. The Morgan fingerprint density at radius 1 is 0.795 bits per heavy atom. The lowest BCUT2D eigenvalue weighted by Crippen LogP contribution is -1.97. The number of ether oxygens (including phenoxy) is 1. The molecule has 5 rings (SSSR count). The molecular weight excluding hydrogens is 556 g/mol. The maximum atomic E-state index is 11.6. The number of nitrogens with zero attached hydrogens (tertiary/aromatic N) is 2. The molecule has 3 aromatic heterocycles. The van der Waals surface area contributed by atoms with E-state index in [0.717, 1.165) is 72.3 Å². The van der Waals surface area contributed by atoms with Crippen molar-refractivity contribution >= 4 is 62.4 Å². The summed E-state index contributed by atoms with van der Waals surface area (Å²) >= 11 is 0. The van der Waals surface area contributed by atoms with Gasteiger partial charge in [-0.1, -0.05) is 12.7 Å². The minimum atomic E-state index is -0.890. The highest BCUT2D eigenvalue weighted by atomic mass is 16.5. The number of allylic oxidation sites excluding steroid dienone is 4. The fourth-order valence-corrected chi connectivity index (χ4v) is 6.15. The SMILES string of the molecule is C=Cc1c(C)c2cc3[nH]c(cc4nc(cc5nc(cc1[nH]2)C(C)=C5CCC(=O)O)C(CCC(=O)O)=C4C)c(C)c3C(C)OC. The van der Waals surface area contributed by atoms with Gasteiger partial charge >= 0.3 is 11.9 Å². The second-order valence-corrected chi connectivity index (χ2v) is 11.4. The summed E-state index contributed by atoms with van der Waals surface area (Å²) in [5.41, 5.74) is 13.7. The Labute approximate surface area is 256 Å². The number of hydrogen-bond acceptors (Lipinski definition) is 5. The summed E-state index contributed by atoms with van der Waals surface area (Å²) in [6.07, 6.45) is 2.17. The molecule has 0 aliphatic carbocycles. The average Bonchev–Trinajstić information content (AvgIpc) is 3.63. The first-order valence-electron chi connectivity index (χ1n) is 14.7. The van der Waals surface area contributed by atoms with E-state index in [4.69, 9.17) is 14.7 Å². The molecule has 1 unspecified atom stereocenters. The summed E-state index contributed by atoms with van der Waals surface area (Å²) in [5.74, 6) is -1.78. The normalized spacial score (nSPS) is 13.9. The number of fused-ring (bicyclic) bond motifs is 8. The highest BCUT2D eigenvalue weighted by Gasteiger charge is 2.23. The predicted molar refractivity (Wildman–Crippen MR) is 175 cm³/mol. The van der Waals surface area contributed by atoms with Gasteiger partial charge in [-0.25, -0.2) is 9.97 Å². The number of hydrogen-bond donors (Lipinski definition) is 4. The van der Waals surface area contributed by atoms with Crippen LogP contribution >= 0.6 is 0 Å². The minimum Gasteiger partial charge on any atom is -0.481 e. The molecule has 228 valence electrons.